The van der Waals surface area contributed by atoms with E-state index >= 15 is 0 Å². The van der Waals surface area contributed by atoms with Crippen LogP contribution in [-0.2, 0) is 9.53 Å². The Morgan fingerprint density at radius 3 is 3.08 bits per heavy atom. The highest BCUT2D eigenvalue weighted by molar-refractivity contribution is 5.54. The highest BCUT2D eigenvalue weighted by atomic mass is 16.5. The van der Waals surface area contributed by atoms with Crippen LogP contribution in [0, 0.1) is 5.92 Å². The first-order valence-electron chi connectivity index (χ1n) is 5.06. The van der Waals surface area contributed by atoms with Gasteiger partial charge in [0.25, 0.3) is 0 Å². The van der Waals surface area contributed by atoms with Crippen molar-refractivity contribution in [3.05, 3.63) is 0 Å². The summed E-state index contributed by atoms with van der Waals surface area (Å²) in [4.78, 5) is 13.0. The third kappa shape index (κ3) is 2.78. The molecule has 0 aliphatic carbocycles. The third-order valence-corrected chi connectivity index (χ3v) is 2.61. The van der Waals surface area contributed by atoms with Gasteiger partial charge in [-0.2, -0.15) is 0 Å². The van der Waals surface area contributed by atoms with Crippen LogP contribution in [0.5, 0.6) is 0 Å². The van der Waals surface area contributed by atoms with Crippen molar-refractivity contribution in [3.8, 4) is 0 Å². The van der Waals surface area contributed by atoms with Crippen LogP contribution in [0.4, 0.5) is 0 Å². The van der Waals surface area contributed by atoms with Gasteiger partial charge in [-0.25, -0.2) is 0 Å². The van der Waals surface area contributed by atoms with Gasteiger partial charge in [-0.1, -0.05) is 13.8 Å². The standard InChI is InChI=1S/C10H19NO2/c1-3-4-11-5-6-13-8-10(11)9(2)7-12/h7,9-10H,3-6,8H2,1-2H3. The number of morpholine rings is 1. The minimum atomic E-state index is 0.0897. The van der Waals surface area contributed by atoms with Crippen LogP contribution in [0.2, 0.25) is 0 Å². The summed E-state index contributed by atoms with van der Waals surface area (Å²) in [5.41, 5.74) is 0. The molecule has 0 aromatic heterocycles. The van der Waals surface area contributed by atoms with E-state index in [0.717, 1.165) is 32.4 Å². The molecule has 1 heterocycles. The van der Waals surface area contributed by atoms with Crippen molar-refractivity contribution in [2.75, 3.05) is 26.3 Å². The molecule has 1 rings (SSSR count). The maximum atomic E-state index is 10.7. The largest absolute Gasteiger partial charge is 0.378 e. The Kier molecular flexibility index (Phi) is 4.39. The van der Waals surface area contributed by atoms with Gasteiger partial charge in [-0.15, -0.1) is 0 Å². The number of ether oxygens (including phenoxy) is 1. The number of rotatable bonds is 4. The smallest absolute Gasteiger partial charge is 0.124 e. The molecular weight excluding hydrogens is 166 g/mol. The average Bonchev–Trinajstić information content (AvgIpc) is 2.18. The highest BCUT2D eigenvalue weighted by Crippen LogP contribution is 2.14. The SMILES string of the molecule is CCCN1CCOCC1C(C)C=O. The summed E-state index contributed by atoms with van der Waals surface area (Å²) in [6.07, 6.45) is 2.17. The molecule has 0 aromatic carbocycles. The molecule has 2 unspecified atom stereocenters. The lowest BCUT2D eigenvalue weighted by molar-refractivity contribution is -0.115. The Bertz CT molecular complexity index is 159. The zero-order valence-corrected chi connectivity index (χ0v) is 8.53. The Hall–Kier alpha value is -0.410. The summed E-state index contributed by atoms with van der Waals surface area (Å²) >= 11 is 0. The molecule has 0 spiro atoms. The minimum Gasteiger partial charge on any atom is -0.378 e. The number of carbonyl (C=O) groups is 1. The lowest BCUT2D eigenvalue weighted by Gasteiger charge is -2.37. The fourth-order valence-corrected chi connectivity index (χ4v) is 1.80. The molecular formula is C10H19NO2. The van der Waals surface area contributed by atoms with Gasteiger partial charge < -0.3 is 9.53 Å². The zero-order chi connectivity index (χ0) is 9.68. The van der Waals surface area contributed by atoms with E-state index < -0.39 is 0 Å². The molecule has 3 heteroatoms. The monoisotopic (exact) mass is 185 g/mol. The summed E-state index contributed by atoms with van der Waals surface area (Å²) in [5, 5.41) is 0. The molecule has 0 bridgehead atoms. The van der Waals surface area contributed by atoms with Crippen molar-refractivity contribution >= 4 is 6.29 Å². The molecule has 0 aromatic rings. The van der Waals surface area contributed by atoms with E-state index in [1.54, 1.807) is 0 Å². The molecule has 0 amide bonds. The summed E-state index contributed by atoms with van der Waals surface area (Å²) in [5.74, 6) is 0.0897. The van der Waals surface area contributed by atoms with Crippen molar-refractivity contribution in [1.82, 2.24) is 4.90 Å². The molecule has 1 aliphatic rings. The number of nitrogens with zero attached hydrogens (tertiary/aromatic N) is 1. The van der Waals surface area contributed by atoms with Gasteiger partial charge in [-0.3, -0.25) is 4.90 Å². The van der Waals surface area contributed by atoms with Crippen molar-refractivity contribution in [1.29, 1.82) is 0 Å². The summed E-state index contributed by atoms with van der Waals surface area (Å²) in [7, 11) is 0. The van der Waals surface area contributed by atoms with Crippen LogP contribution < -0.4 is 0 Å². The Morgan fingerprint density at radius 2 is 2.46 bits per heavy atom. The van der Waals surface area contributed by atoms with Crippen LogP contribution in [0.3, 0.4) is 0 Å². The van der Waals surface area contributed by atoms with E-state index in [1.165, 1.54) is 0 Å². The first-order valence-corrected chi connectivity index (χ1v) is 5.06. The molecule has 1 fully saturated rings. The summed E-state index contributed by atoms with van der Waals surface area (Å²) in [6, 6.07) is 0.297. The van der Waals surface area contributed by atoms with Crippen LogP contribution in [0.25, 0.3) is 0 Å². The average molecular weight is 185 g/mol. The van der Waals surface area contributed by atoms with Gasteiger partial charge in [0, 0.05) is 18.5 Å². The Labute approximate surface area is 80.1 Å². The first-order chi connectivity index (χ1) is 6.29. The van der Waals surface area contributed by atoms with Crippen LogP contribution in [0.1, 0.15) is 20.3 Å². The predicted octanol–water partition coefficient (Wildman–Crippen LogP) is 0.932. The van der Waals surface area contributed by atoms with Gasteiger partial charge in [0.1, 0.15) is 6.29 Å². The zero-order valence-electron chi connectivity index (χ0n) is 8.53. The lowest BCUT2D eigenvalue weighted by Crippen LogP contribution is -2.49. The second-order valence-electron chi connectivity index (χ2n) is 3.67. The molecule has 76 valence electrons. The summed E-state index contributed by atoms with van der Waals surface area (Å²) in [6.45, 7) is 7.69. The van der Waals surface area contributed by atoms with Gasteiger partial charge in [0.15, 0.2) is 0 Å². The van der Waals surface area contributed by atoms with Gasteiger partial charge in [0.05, 0.1) is 13.2 Å². The van der Waals surface area contributed by atoms with Gasteiger partial charge >= 0.3 is 0 Å². The number of hydrogen-bond acceptors (Lipinski definition) is 3. The van der Waals surface area contributed by atoms with Crippen LogP contribution in [-0.4, -0.2) is 43.5 Å². The molecule has 0 radical (unpaired) electrons. The second-order valence-corrected chi connectivity index (χ2v) is 3.67. The number of aldehydes is 1. The maximum absolute atomic E-state index is 10.7. The molecule has 13 heavy (non-hydrogen) atoms. The van der Waals surface area contributed by atoms with Crippen molar-refractivity contribution in [2.24, 2.45) is 5.92 Å². The second kappa shape index (κ2) is 5.35. The Balaban J connectivity index is 2.50. The van der Waals surface area contributed by atoms with E-state index in [-0.39, 0.29) is 5.92 Å². The highest BCUT2D eigenvalue weighted by Gasteiger charge is 2.26. The number of carbonyl (C=O) groups excluding carboxylic acids is 1. The molecule has 1 aliphatic heterocycles. The van der Waals surface area contributed by atoms with Crippen molar-refractivity contribution < 1.29 is 9.53 Å². The van der Waals surface area contributed by atoms with Crippen LogP contribution in [0.15, 0.2) is 0 Å². The minimum absolute atomic E-state index is 0.0897. The first kappa shape index (κ1) is 10.7. The topological polar surface area (TPSA) is 29.5 Å². The molecule has 0 N–H and O–H groups in total. The van der Waals surface area contributed by atoms with E-state index in [9.17, 15) is 4.79 Å². The number of hydrogen-bond donors (Lipinski definition) is 0. The predicted molar refractivity (Wildman–Crippen MR) is 51.7 cm³/mol. The van der Waals surface area contributed by atoms with E-state index in [0.29, 0.717) is 12.6 Å². The maximum Gasteiger partial charge on any atom is 0.124 e. The fraction of sp³-hybridized carbons (Fsp3) is 0.900. The quantitative estimate of drug-likeness (QED) is 0.610. The normalized spacial score (nSPS) is 27.1. The molecule has 1 saturated heterocycles. The van der Waals surface area contributed by atoms with E-state index in [2.05, 4.69) is 11.8 Å². The molecule has 2 atom stereocenters. The lowest BCUT2D eigenvalue weighted by atomic mass is 10.0. The van der Waals surface area contributed by atoms with Gasteiger partial charge in [-0.05, 0) is 13.0 Å². The van der Waals surface area contributed by atoms with E-state index in [4.69, 9.17) is 4.74 Å². The molecule has 0 saturated carbocycles. The third-order valence-electron chi connectivity index (χ3n) is 2.61. The summed E-state index contributed by atoms with van der Waals surface area (Å²) < 4.78 is 5.38. The Morgan fingerprint density at radius 1 is 1.69 bits per heavy atom. The van der Waals surface area contributed by atoms with E-state index in [1.807, 2.05) is 6.92 Å². The van der Waals surface area contributed by atoms with Crippen LogP contribution >= 0.6 is 0 Å². The fourth-order valence-electron chi connectivity index (χ4n) is 1.80. The van der Waals surface area contributed by atoms with Gasteiger partial charge in [0.2, 0.25) is 0 Å². The van der Waals surface area contributed by atoms with Crippen molar-refractivity contribution in [2.45, 2.75) is 26.3 Å². The van der Waals surface area contributed by atoms with Crippen molar-refractivity contribution in [3.63, 3.8) is 0 Å². The molecule has 3 nitrogen and oxygen atoms in total.